The van der Waals surface area contributed by atoms with Gasteiger partial charge in [-0.15, -0.1) is 6.42 Å². The fraction of sp³-hybridized carbons (Fsp3) is 0.203. The maximum absolute atomic E-state index is 13.3. The van der Waals surface area contributed by atoms with E-state index in [-0.39, 0.29) is 42.8 Å². The van der Waals surface area contributed by atoms with Gasteiger partial charge in [0, 0.05) is 72.1 Å². The van der Waals surface area contributed by atoms with Crippen LogP contribution in [0.25, 0.3) is 44.9 Å². The van der Waals surface area contributed by atoms with Crippen molar-refractivity contribution >= 4 is 117 Å². The average Bonchev–Trinajstić information content (AvgIpc) is 1.59. The van der Waals surface area contributed by atoms with Gasteiger partial charge in [0.15, 0.2) is 11.1 Å². The zero-order valence-electron chi connectivity index (χ0n) is 49.8. The number of pyridine rings is 4. The quantitative estimate of drug-likeness (QED) is 0.0220. The Morgan fingerprint density at radius 2 is 1.15 bits per heavy atom. The topological polar surface area (TPSA) is 334 Å². The first-order valence-electron chi connectivity index (χ1n) is 28.2. The number of halogens is 4. The van der Waals surface area contributed by atoms with E-state index < -0.39 is 34.7 Å². The van der Waals surface area contributed by atoms with Crippen LogP contribution in [0, 0.1) is 35.3 Å². The summed E-state index contributed by atoms with van der Waals surface area (Å²) in [5.74, 6) is 2.21. The number of methoxy groups -OCH3 is 2. The SMILES string of the molecule is C#C[C@]1(CN2CCc3cc(OC)ccc3C2=O)CC(=O)NC1=O.COc1ccc2c(c1)CCN(C[C@@]1(c3cc4nc(-c5cn[nH]c5)ccc4o3)NC(=O)NC1=O)C2=O.Cc1ccc(-c2cn[nH]c2)nc1Br.Cc1ccc(I)nc1Br.Oc1ccc(-c2cn[nH]c2)nc1Br. The van der Waals surface area contributed by atoms with Crippen LogP contribution in [-0.2, 0) is 32.8 Å². The number of amides is 7. The molecule has 7 N–H and O–H groups in total. The third-order valence-electron chi connectivity index (χ3n) is 15.3. The second kappa shape index (κ2) is 28.9. The summed E-state index contributed by atoms with van der Waals surface area (Å²) in [5.41, 5.74) is 8.35. The Hall–Kier alpha value is -9.64. The zero-order valence-corrected chi connectivity index (χ0v) is 56.7. The van der Waals surface area contributed by atoms with Crippen LogP contribution in [0.15, 0.2) is 146 Å². The molecule has 474 valence electrons. The van der Waals surface area contributed by atoms with E-state index in [1.54, 1.807) is 110 Å². The molecule has 0 unspecified atom stereocenters. The molecular weight excluding hydrogens is 1510 g/mol. The van der Waals surface area contributed by atoms with Gasteiger partial charge in [-0.1, -0.05) is 18.1 Å². The van der Waals surface area contributed by atoms with Crippen molar-refractivity contribution in [3.8, 4) is 63.4 Å². The normalized spacial score (nSPS) is 16.9. The monoisotopic (exact) mass is 1560 g/mol. The molecule has 7 amide bonds. The number of hydrogen-bond donors (Lipinski definition) is 7. The number of fused-ring (bicyclic) bond motifs is 3. The van der Waals surface area contributed by atoms with Gasteiger partial charge in [0.25, 0.3) is 17.7 Å². The third kappa shape index (κ3) is 15.0. The van der Waals surface area contributed by atoms with Crippen molar-refractivity contribution in [1.29, 1.82) is 0 Å². The van der Waals surface area contributed by atoms with Crippen molar-refractivity contribution in [1.82, 2.24) is 76.3 Å². The average molecular weight is 1560 g/mol. The molecule has 25 nitrogen and oxygen atoms in total. The number of aromatic nitrogens is 10. The molecule has 2 fully saturated rings. The molecule has 12 heterocycles. The number of benzene rings is 2. The molecule has 29 heteroatoms. The fourth-order valence-electron chi connectivity index (χ4n) is 10.2. The van der Waals surface area contributed by atoms with Gasteiger partial charge in [0.1, 0.15) is 51.5 Å². The van der Waals surface area contributed by atoms with E-state index in [1.807, 2.05) is 56.4 Å². The van der Waals surface area contributed by atoms with Gasteiger partial charge in [0.2, 0.25) is 11.8 Å². The van der Waals surface area contributed by atoms with Gasteiger partial charge in [-0.05, 0) is 192 Å². The first-order valence-corrected chi connectivity index (χ1v) is 31.7. The predicted molar refractivity (Wildman–Crippen MR) is 359 cm³/mol. The lowest BCUT2D eigenvalue weighted by molar-refractivity contribution is -0.127. The van der Waals surface area contributed by atoms with Gasteiger partial charge in [-0.25, -0.2) is 24.7 Å². The minimum atomic E-state index is -1.59. The Kier molecular flexibility index (Phi) is 20.6. The largest absolute Gasteiger partial charge is 0.505 e. The van der Waals surface area contributed by atoms with E-state index in [9.17, 15) is 33.9 Å². The fourth-order valence-corrected chi connectivity index (χ4v) is 11.9. The van der Waals surface area contributed by atoms with Crippen molar-refractivity contribution in [3.05, 3.63) is 185 Å². The first kappa shape index (κ1) is 66.3. The summed E-state index contributed by atoms with van der Waals surface area (Å²) in [7, 11) is 3.15. The van der Waals surface area contributed by atoms with E-state index in [2.05, 4.69) is 143 Å². The van der Waals surface area contributed by atoms with Crippen LogP contribution in [-0.4, -0.2) is 141 Å². The number of nitrogens with zero attached hydrogens (tertiary/aromatic N) is 9. The van der Waals surface area contributed by atoms with Crippen LogP contribution in [0.1, 0.15) is 55.2 Å². The minimum absolute atomic E-state index is 0.0470. The number of terminal acetylenes is 1. The van der Waals surface area contributed by atoms with Crippen LogP contribution in [0.5, 0.6) is 17.2 Å². The Morgan fingerprint density at radius 3 is 1.61 bits per heavy atom. The highest BCUT2D eigenvalue weighted by Crippen LogP contribution is 2.36. The van der Waals surface area contributed by atoms with Crippen LogP contribution in [0.4, 0.5) is 4.79 Å². The molecule has 2 atom stereocenters. The molecule has 0 bridgehead atoms. The van der Waals surface area contributed by atoms with Gasteiger partial charge in [-0.3, -0.25) is 49.9 Å². The summed E-state index contributed by atoms with van der Waals surface area (Å²) in [4.78, 5) is 95.2. The smallest absolute Gasteiger partial charge is 0.322 e. The van der Waals surface area contributed by atoms with E-state index in [0.717, 1.165) is 57.7 Å². The molecule has 0 spiro atoms. The van der Waals surface area contributed by atoms with Gasteiger partial charge in [-0.2, -0.15) is 15.3 Å². The van der Waals surface area contributed by atoms with Crippen LogP contribution < -0.4 is 25.4 Å². The number of aromatic amines is 3. The molecule has 2 saturated heterocycles. The predicted octanol–water partition coefficient (Wildman–Crippen LogP) is 9.56. The number of aromatic hydroxyl groups is 1. The number of aryl methyl sites for hydroxylation is 2. The van der Waals surface area contributed by atoms with Crippen molar-refractivity contribution in [2.24, 2.45) is 5.41 Å². The van der Waals surface area contributed by atoms with Gasteiger partial charge < -0.3 is 34.1 Å². The number of furan rings is 1. The molecular formula is C64H55Br3IN15O10. The molecule has 14 rings (SSSR count). The highest BCUT2D eigenvalue weighted by atomic mass is 127. The molecule has 2 aromatic carbocycles. The molecule has 10 aromatic rings. The Bertz CT molecular complexity index is 4430. The Morgan fingerprint density at radius 1 is 0.634 bits per heavy atom. The highest BCUT2D eigenvalue weighted by Gasteiger charge is 2.53. The second-order valence-corrected chi connectivity index (χ2v) is 24.7. The highest BCUT2D eigenvalue weighted by molar-refractivity contribution is 14.1. The number of imide groups is 2. The van der Waals surface area contributed by atoms with E-state index in [1.165, 1.54) is 5.56 Å². The number of hydrogen-bond acceptors (Lipinski definition) is 17. The van der Waals surface area contributed by atoms with Gasteiger partial charge >= 0.3 is 6.03 Å². The van der Waals surface area contributed by atoms with Crippen molar-refractivity contribution in [2.75, 3.05) is 40.4 Å². The Balaban J connectivity index is 0.000000139. The summed E-state index contributed by atoms with van der Waals surface area (Å²) in [6.45, 7) is 4.80. The number of nitrogens with one attached hydrogen (secondary N) is 6. The van der Waals surface area contributed by atoms with Crippen molar-refractivity contribution < 1.29 is 47.8 Å². The van der Waals surface area contributed by atoms with E-state index in [4.69, 9.17) is 20.3 Å². The van der Waals surface area contributed by atoms with Crippen LogP contribution in [0.3, 0.4) is 0 Å². The lowest BCUT2D eigenvalue weighted by Gasteiger charge is -2.34. The molecule has 4 aliphatic rings. The lowest BCUT2D eigenvalue weighted by atomic mass is 9.85. The lowest BCUT2D eigenvalue weighted by Crippen LogP contribution is -2.55. The Labute approximate surface area is 569 Å². The summed E-state index contributed by atoms with van der Waals surface area (Å²) >= 11 is 12.0. The number of ether oxygens (including phenoxy) is 2. The third-order valence-corrected chi connectivity index (χ3v) is 18.1. The maximum Gasteiger partial charge on any atom is 0.322 e. The minimum Gasteiger partial charge on any atom is -0.505 e. The molecule has 0 aliphatic carbocycles. The summed E-state index contributed by atoms with van der Waals surface area (Å²) < 4.78 is 19.7. The van der Waals surface area contributed by atoms with Crippen LogP contribution >= 0.6 is 70.4 Å². The number of carbonyl (C=O) groups excluding carboxylic acids is 6. The molecule has 93 heavy (non-hydrogen) atoms. The first-order chi connectivity index (χ1) is 44.7. The maximum atomic E-state index is 13.3. The van der Waals surface area contributed by atoms with Gasteiger partial charge in [0.05, 0.1) is 62.9 Å². The molecule has 0 radical (unpaired) electrons. The van der Waals surface area contributed by atoms with Crippen molar-refractivity contribution in [2.45, 2.75) is 38.6 Å². The molecule has 8 aromatic heterocycles. The second-order valence-electron chi connectivity index (χ2n) is 21.3. The number of rotatable bonds is 10. The zero-order chi connectivity index (χ0) is 66.1. The molecule has 4 aliphatic heterocycles. The number of carbonyl (C=O) groups is 6. The van der Waals surface area contributed by atoms with E-state index in [0.29, 0.717) is 70.0 Å². The molecule has 0 saturated carbocycles. The number of H-pyrrole nitrogens is 3. The summed E-state index contributed by atoms with van der Waals surface area (Å²) in [5, 5.41) is 36.2. The summed E-state index contributed by atoms with van der Waals surface area (Å²) in [6.07, 6.45) is 17.0. The van der Waals surface area contributed by atoms with E-state index >= 15 is 0 Å². The van der Waals surface area contributed by atoms with Crippen LogP contribution in [0.2, 0.25) is 0 Å². The standard InChI is InChI=1S/C24H20N6O5.C17H16N2O4.C9H8BrN3.C8H6BrN3O.C6H5BrIN/c1-34-15-2-3-16-13(8-15)6-7-30(21(16)31)12-24(22(32)28-23(33)29-24)20-9-18-19(35-20)5-4-17(27-18)14-10-25-26-11-14;1-3-17(9-14(20)18-16(17)22)10-19-7-6-11-8-12(23-2)4-5-13(11)15(19)21;1-6-2-3-8(13-9(6)10)7-4-11-12-5-7;9-8-7(13)2-1-6(12-8)5-3-10-11-4-5;1-4-2-3-5(8)9-6(4)7/h2-5,8-11H,6-7,12H2,1H3,(H,25,26)(H2,28,29,32,33);1,4-5,8H,6-7,9-10H2,2H3,(H,18,20,22);2-5H,1H3,(H,11,12);1-4,13H,(H,10,11);2-3H,1H3/t24-;17-;;;/m01.../s1. The van der Waals surface area contributed by atoms with Crippen molar-refractivity contribution in [3.63, 3.8) is 0 Å². The summed E-state index contributed by atoms with van der Waals surface area (Å²) in [6, 6.07) is 26.4. The number of urea groups is 1.